The van der Waals surface area contributed by atoms with Gasteiger partial charge in [-0.25, -0.2) is 8.78 Å². The van der Waals surface area contributed by atoms with Crippen molar-refractivity contribution >= 4 is 11.8 Å². The zero-order chi connectivity index (χ0) is 16.8. The van der Waals surface area contributed by atoms with Gasteiger partial charge in [-0.15, -0.1) is 0 Å². The number of carbonyl (C=O) groups excluding carboxylic acids is 2. The molecule has 0 spiro atoms. The SMILES string of the molecule is COCCC(=O)N1CCC(NC(=O)c2ccc(F)cc2F)CC1. The molecule has 1 aromatic rings. The second-order valence-electron chi connectivity index (χ2n) is 5.50. The summed E-state index contributed by atoms with van der Waals surface area (Å²) in [5, 5.41) is 2.73. The first kappa shape index (κ1) is 17.3. The van der Waals surface area contributed by atoms with Gasteiger partial charge >= 0.3 is 0 Å². The van der Waals surface area contributed by atoms with Crippen LogP contribution >= 0.6 is 0 Å². The fraction of sp³-hybridized carbons (Fsp3) is 0.500. The van der Waals surface area contributed by atoms with Gasteiger partial charge in [-0.3, -0.25) is 9.59 Å². The summed E-state index contributed by atoms with van der Waals surface area (Å²) < 4.78 is 31.3. The maximum atomic E-state index is 13.6. The molecule has 2 rings (SSSR count). The Morgan fingerprint density at radius 1 is 1.30 bits per heavy atom. The molecule has 0 saturated carbocycles. The quantitative estimate of drug-likeness (QED) is 0.896. The Labute approximate surface area is 133 Å². The molecular weight excluding hydrogens is 306 g/mol. The minimum absolute atomic E-state index is 0.0289. The smallest absolute Gasteiger partial charge is 0.254 e. The second kappa shape index (κ2) is 8.01. The Hall–Kier alpha value is -2.02. The summed E-state index contributed by atoms with van der Waals surface area (Å²) in [5.41, 5.74) is -0.176. The minimum Gasteiger partial charge on any atom is -0.384 e. The van der Waals surface area contributed by atoms with Crippen LogP contribution in [0.2, 0.25) is 0 Å². The molecule has 0 unspecified atom stereocenters. The van der Waals surface area contributed by atoms with E-state index in [4.69, 9.17) is 4.74 Å². The Balaban J connectivity index is 1.84. The van der Waals surface area contributed by atoms with Crippen LogP contribution in [0.15, 0.2) is 18.2 Å². The van der Waals surface area contributed by atoms with Gasteiger partial charge in [-0.05, 0) is 25.0 Å². The molecule has 126 valence electrons. The van der Waals surface area contributed by atoms with Crippen LogP contribution in [0.5, 0.6) is 0 Å². The van der Waals surface area contributed by atoms with Gasteiger partial charge in [0.1, 0.15) is 11.6 Å². The number of amides is 2. The predicted octanol–water partition coefficient (Wildman–Crippen LogP) is 1.72. The molecule has 1 N–H and O–H groups in total. The third-order valence-corrected chi connectivity index (χ3v) is 3.88. The third kappa shape index (κ3) is 4.72. The van der Waals surface area contributed by atoms with E-state index in [-0.39, 0.29) is 17.5 Å². The largest absolute Gasteiger partial charge is 0.384 e. The highest BCUT2D eigenvalue weighted by atomic mass is 19.1. The molecule has 1 fully saturated rings. The number of rotatable bonds is 5. The van der Waals surface area contributed by atoms with Crippen LogP contribution in [0, 0.1) is 11.6 Å². The first-order valence-corrected chi connectivity index (χ1v) is 7.54. The Bertz CT molecular complexity index is 572. The van der Waals surface area contributed by atoms with Crippen LogP contribution in [-0.2, 0) is 9.53 Å². The number of hydrogen-bond acceptors (Lipinski definition) is 3. The van der Waals surface area contributed by atoms with E-state index in [0.29, 0.717) is 45.0 Å². The van der Waals surface area contributed by atoms with Crippen molar-refractivity contribution < 1.29 is 23.1 Å². The van der Waals surface area contributed by atoms with Crippen molar-refractivity contribution in [3.63, 3.8) is 0 Å². The molecule has 2 amide bonds. The predicted molar refractivity (Wildman–Crippen MR) is 79.9 cm³/mol. The Morgan fingerprint density at radius 2 is 2.00 bits per heavy atom. The molecule has 1 saturated heterocycles. The number of carbonyl (C=O) groups is 2. The highest BCUT2D eigenvalue weighted by molar-refractivity contribution is 5.94. The topological polar surface area (TPSA) is 58.6 Å². The molecule has 5 nitrogen and oxygen atoms in total. The van der Waals surface area contributed by atoms with Crippen LogP contribution < -0.4 is 5.32 Å². The minimum atomic E-state index is -0.880. The van der Waals surface area contributed by atoms with E-state index in [0.717, 1.165) is 12.1 Å². The number of nitrogens with zero attached hydrogens (tertiary/aromatic N) is 1. The van der Waals surface area contributed by atoms with Crippen LogP contribution in [0.1, 0.15) is 29.6 Å². The van der Waals surface area contributed by atoms with E-state index < -0.39 is 17.5 Å². The maximum absolute atomic E-state index is 13.6. The van der Waals surface area contributed by atoms with E-state index in [1.165, 1.54) is 0 Å². The van der Waals surface area contributed by atoms with Crippen LogP contribution in [0.3, 0.4) is 0 Å². The Kier molecular flexibility index (Phi) is 6.04. The standard InChI is InChI=1S/C16H20F2N2O3/c1-23-9-6-15(21)20-7-4-12(5-8-20)19-16(22)13-3-2-11(17)10-14(13)18/h2-3,10,12H,4-9H2,1H3,(H,19,22). The highest BCUT2D eigenvalue weighted by Gasteiger charge is 2.24. The first-order chi connectivity index (χ1) is 11.0. The number of nitrogens with one attached hydrogen (secondary N) is 1. The third-order valence-electron chi connectivity index (χ3n) is 3.88. The molecule has 1 aliphatic heterocycles. The monoisotopic (exact) mass is 326 g/mol. The molecule has 7 heteroatoms. The highest BCUT2D eigenvalue weighted by Crippen LogP contribution is 2.14. The molecule has 1 aliphatic rings. The summed E-state index contributed by atoms with van der Waals surface area (Å²) in [6.45, 7) is 1.47. The van der Waals surface area contributed by atoms with Crippen molar-refractivity contribution in [2.75, 3.05) is 26.8 Å². The van der Waals surface area contributed by atoms with Crippen molar-refractivity contribution in [1.29, 1.82) is 0 Å². The van der Waals surface area contributed by atoms with Crippen molar-refractivity contribution in [1.82, 2.24) is 10.2 Å². The first-order valence-electron chi connectivity index (χ1n) is 7.54. The van der Waals surface area contributed by atoms with Gasteiger partial charge in [0.15, 0.2) is 0 Å². The lowest BCUT2D eigenvalue weighted by molar-refractivity contribution is -0.133. The molecule has 0 radical (unpaired) electrons. The van der Waals surface area contributed by atoms with E-state index in [1.807, 2.05) is 0 Å². The van der Waals surface area contributed by atoms with E-state index in [9.17, 15) is 18.4 Å². The summed E-state index contributed by atoms with van der Waals surface area (Å²) in [4.78, 5) is 25.6. The summed E-state index contributed by atoms with van der Waals surface area (Å²) in [6.07, 6.45) is 1.55. The molecule has 0 bridgehead atoms. The van der Waals surface area contributed by atoms with Gasteiger partial charge in [0.25, 0.3) is 5.91 Å². The van der Waals surface area contributed by atoms with Gasteiger partial charge < -0.3 is 15.0 Å². The summed E-state index contributed by atoms with van der Waals surface area (Å²) >= 11 is 0. The van der Waals surface area contributed by atoms with Gasteiger partial charge in [0, 0.05) is 32.3 Å². The number of hydrogen-bond donors (Lipinski definition) is 1. The van der Waals surface area contributed by atoms with Crippen molar-refractivity contribution in [3.05, 3.63) is 35.4 Å². The molecule has 1 heterocycles. The normalized spacial score (nSPS) is 15.5. The lowest BCUT2D eigenvalue weighted by Crippen LogP contribution is -2.46. The number of piperidine rings is 1. The van der Waals surface area contributed by atoms with Crippen LogP contribution in [0.4, 0.5) is 8.78 Å². The summed E-state index contributed by atoms with van der Waals surface area (Å²) in [7, 11) is 1.55. The number of likely N-dealkylation sites (tertiary alicyclic amines) is 1. The second-order valence-corrected chi connectivity index (χ2v) is 5.50. The molecule has 23 heavy (non-hydrogen) atoms. The fourth-order valence-corrected chi connectivity index (χ4v) is 2.56. The number of methoxy groups -OCH3 is 1. The van der Waals surface area contributed by atoms with Crippen molar-refractivity contribution in [2.45, 2.75) is 25.3 Å². The molecule has 1 aromatic carbocycles. The zero-order valence-corrected chi connectivity index (χ0v) is 13.0. The lowest BCUT2D eigenvalue weighted by atomic mass is 10.0. The van der Waals surface area contributed by atoms with Crippen molar-refractivity contribution in [3.8, 4) is 0 Å². The van der Waals surface area contributed by atoms with E-state index in [2.05, 4.69) is 5.32 Å². The summed E-state index contributed by atoms with van der Waals surface area (Å²) in [5.74, 6) is -2.13. The van der Waals surface area contributed by atoms with Crippen LogP contribution in [0.25, 0.3) is 0 Å². The fourth-order valence-electron chi connectivity index (χ4n) is 2.56. The number of benzene rings is 1. The van der Waals surface area contributed by atoms with Gasteiger partial charge in [-0.2, -0.15) is 0 Å². The van der Waals surface area contributed by atoms with Gasteiger partial charge in [0.2, 0.25) is 5.91 Å². The van der Waals surface area contributed by atoms with E-state index in [1.54, 1.807) is 12.0 Å². The molecule has 0 aliphatic carbocycles. The lowest BCUT2D eigenvalue weighted by Gasteiger charge is -2.32. The molecular formula is C16H20F2N2O3. The average molecular weight is 326 g/mol. The van der Waals surface area contributed by atoms with Gasteiger partial charge in [0.05, 0.1) is 18.6 Å². The zero-order valence-electron chi connectivity index (χ0n) is 13.0. The summed E-state index contributed by atoms with van der Waals surface area (Å²) in [6, 6.07) is 2.74. The molecule has 0 aromatic heterocycles. The Morgan fingerprint density at radius 3 is 2.61 bits per heavy atom. The van der Waals surface area contributed by atoms with Gasteiger partial charge in [-0.1, -0.05) is 0 Å². The average Bonchev–Trinajstić information content (AvgIpc) is 2.53. The molecule has 0 atom stereocenters. The maximum Gasteiger partial charge on any atom is 0.254 e. The van der Waals surface area contributed by atoms with Crippen molar-refractivity contribution in [2.24, 2.45) is 0 Å². The van der Waals surface area contributed by atoms with E-state index >= 15 is 0 Å². The number of ether oxygens (including phenoxy) is 1. The van der Waals surface area contributed by atoms with Crippen LogP contribution in [-0.4, -0.2) is 49.6 Å². The number of halogens is 2.